The zero-order valence-electron chi connectivity index (χ0n) is 14.9. The molecule has 1 fully saturated rings. The quantitative estimate of drug-likeness (QED) is 0.855. The Hall–Kier alpha value is -2.41. The fraction of sp³-hybridized carbons (Fsp3) is 0.474. The van der Waals surface area contributed by atoms with Crippen molar-refractivity contribution in [2.45, 2.75) is 38.8 Å². The van der Waals surface area contributed by atoms with Crippen molar-refractivity contribution in [3.05, 3.63) is 47.6 Å². The first-order valence-corrected chi connectivity index (χ1v) is 8.77. The van der Waals surface area contributed by atoms with Crippen LogP contribution >= 0.6 is 0 Å². The lowest BCUT2D eigenvalue weighted by Gasteiger charge is -2.32. The van der Waals surface area contributed by atoms with Crippen LogP contribution in [0.2, 0.25) is 0 Å². The molecule has 3 rings (SSSR count). The van der Waals surface area contributed by atoms with Gasteiger partial charge in [0.05, 0.1) is 24.9 Å². The highest BCUT2D eigenvalue weighted by Gasteiger charge is 2.30. The van der Waals surface area contributed by atoms with Crippen LogP contribution in [0.4, 0.5) is 4.39 Å². The SMILES string of the molecule is CC(C)Cc1cc(C(=O)N[C@@H]2COCC[C@@H]2Oc2cccc(F)c2)on1. The highest BCUT2D eigenvalue weighted by Crippen LogP contribution is 2.20. The van der Waals surface area contributed by atoms with E-state index in [2.05, 4.69) is 24.3 Å². The molecule has 0 radical (unpaired) electrons. The maximum absolute atomic E-state index is 13.3. The van der Waals surface area contributed by atoms with Gasteiger partial charge in [-0.05, 0) is 24.5 Å². The fourth-order valence-electron chi connectivity index (χ4n) is 2.88. The number of carbonyl (C=O) groups excluding carboxylic acids is 1. The average Bonchev–Trinajstić information content (AvgIpc) is 3.04. The molecule has 2 aromatic rings. The number of amides is 1. The third kappa shape index (κ3) is 4.82. The number of rotatable bonds is 6. The van der Waals surface area contributed by atoms with Crippen molar-refractivity contribution in [1.29, 1.82) is 0 Å². The molecule has 0 saturated carbocycles. The zero-order valence-corrected chi connectivity index (χ0v) is 14.9. The molecule has 1 aromatic carbocycles. The molecule has 2 heterocycles. The molecule has 0 spiro atoms. The standard InChI is InChI=1S/C19H23FN2O4/c1-12(2)8-14-10-18(26-22-14)19(23)21-16-11-24-7-6-17(16)25-15-5-3-4-13(20)9-15/h3-5,9-10,12,16-17H,6-8,11H2,1-2H3,(H,21,23)/t16-,17+/m1/s1. The van der Waals surface area contributed by atoms with E-state index in [9.17, 15) is 9.18 Å². The first-order chi connectivity index (χ1) is 12.5. The predicted octanol–water partition coefficient (Wildman–Crippen LogP) is 2.98. The lowest BCUT2D eigenvalue weighted by molar-refractivity contribution is -0.00338. The van der Waals surface area contributed by atoms with E-state index >= 15 is 0 Å². The Labute approximate surface area is 151 Å². The van der Waals surface area contributed by atoms with Crippen LogP contribution in [-0.2, 0) is 11.2 Å². The second kappa shape index (κ2) is 8.31. The molecule has 2 atom stereocenters. The van der Waals surface area contributed by atoms with E-state index in [0.29, 0.717) is 31.3 Å². The summed E-state index contributed by atoms with van der Waals surface area (Å²) in [6, 6.07) is 7.24. The Balaban J connectivity index is 1.64. The van der Waals surface area contributed by atoms with Crippen molar-refractivity contribution < 1.29 is 23.2 Å². The monoisotopic (exact) mass is 362 g/mol. The van der Waals surface area contributed by atoms with Gasteiger partial charge >= 0.3 is 0 Å². The summed E-state index contributed by atoms with van der Waals surface area (Å²) in [6.07, 6.45) is 1.03. The number of hydrogen-bond acceptors (Lipinski definition) is 5. The third-order valence-corrected chi connectivity index (χ3v) is 4.09. The van der Waals surface area contributed by atoms with Gasteiger partial charge in [-0.1, -0.05) is 25.1 Å². The first-order valence-electron chi connectivity index (χ1n) is 8.77. The van der Waals surface area contributed by atoms with Gasteiger partial charge in [0.2, 0.25) is 5.76 Å². The molecule has 0 bridgehead atoms. The Bertz CT molecular complexity index is 747. The topological polar surface area (TPSA) is 73.6 Å². The molecule has 0 aliphatic carbocycles. The molecule has 1 aromatic heterocycles. The van der Waals surface area contributed by atoms with E-state index in [1.54, 1.807) is 18.2 Å². The number of carbonyl (C=O) groups is 1. The number of ether oxygens (including phenoxy) is 2. The molecular formula is C19H23FN2O4. The van der Waals surface area contributed by atoms with Crippen molar-refractivity contribution >= 4 is 5.91 Å². The summed E-state index contributed by atoms with van der Waals surface area (Å²) in [5, 5.41) is 6.80. The highest BCUT2D eigenvalue weighted by atomic mass is 19.1. The van der Waals surface area contributed by atoms with Crippen LogP contribution in [-0.4, -0.2) is 36.4 Å². The predicted molar refractivity (Wildman–Crippen MR) is 92.6 cm³/mol. The molecular weight excluding hydrogens is 339 g/mol. The van der Waals surface area contributed by atoms with Crippen molar-refractivity contribution in [3.8, 4) is 5.75 Å². The van der Waals surface area contributed by atoms with Crippen LogP contribution in [0.1, 0.15) is 36.5 Å². The summed E-state index contributed by atoms with van der Waals surface area (Å²) in [4.78, 5) is 12.4. The van der Waals surface area contributed by atoms with Crippen molar-refractivity contribution in [2.24, 2.45) is 5.92 Å². The maximum atomic E-state index is 13.3. The molecule has 6 nitrogen and oxygen atoms in total. The summed E-state index contributed by atoms with van der Waals surface area (Å²) < 4.78 is 29.8. The summed E-state index contributed by atoms with van der Waals surface area (Å²) in [6.45, 7) is 4.98. The lowest BCUT2D eigenvalue weighted by atomic mass is 10.1. The number of halogens is 1. The minimum Gasteiger partial charge on any atom is -0.488 e. The maximum Gasteiger partial charge on any atom is 0.290 e. The van der Waals surface area contributed by atoms with E-state index in [4.69, 9.17) is 14.0 Å². The Kier molecular flexibility index (Phi) is 5.88. The minimum atomic E-state index is -0.366. The van der Waals surface area contributed by atoms with Gasteiger partial charge in [0.1, 0.15) is 17.7 Å². The number of nitrogens with zero attached hydrogens (tertiary/aromatic N) is 1. The number of nitrogens with one attached hydrogen (secondary N) is 1. The average molecular weight is 362 g/mol. The Morgan fingerprint density at radius 3 is 3.04 bits per heavy atom. The van der Waals surface area contributed by atoms with Gasteiger partial charge in [-0.2, -0.15) is 0 Å². The van der Waals surface area contributed by atoms with Gasteiger partial charge in [0.15, 0.2) is 0 Å². The molecule has 1 saturated heterocycles. The number of aromatic nitrogens is 1. The van der Waals surface area contributed by atoms with Gasteiger partial charge in [-0.3, -0.25) is 4.79 Å². The van der Waals surface area contributed by atoms with Crippen LogP contribution < -0.4 is 10.1 Å². The van der Waals surface area contributed by atoms with Crippen LogP contribution in [0.5, 0.6) is 5.75 Å². The molecule has 140 valence electrons. The van der Waals surface area contributed by atoms with Gasteiger partial charge in [0, 0.05) is 18.6 Å². The Morgan fingerprint density at radius 2 is 2.27 bits per heavy atom. The fourth-order valence-corrected chi connectivity index (χ4v) is 2.88. The zero-order chi connectivity index (χ0) is 18.5. The molecule has 0 unspecified atom stereocenters. The Morgan fingerprint density at radius 1 is 1.42 bits per heavy atom. The van der Waals surface area contributed by atoms with Gasteiger partial charge in [-0.15, -0.1) is 0 Å². The summed E-state index contributed by atoms with van der Waals surface area (Å²) >= 11 is 0. The molecule has 1 aliphatic heterocycles. The van der Waals surface area contributed by atoms with E-state index in [-0.39, 0.29) is 29.6 Å². The second-order valence-corrected chi connectivity index (χ2v) is 6.84. The summed E-state index contributed by atoms with van der Waals surface area (Å²) in [5.41, 5.74) is 0.748. The number of benzene rings is 1. The third-order valence-electron chi connectivity index (χ3n) is 4.09. The van der Waals surface area contributed by atoms with E-state index in [1.165, 1.54) is 12.1 Å². The molecule has 26 heavy (non-hydrogen) atoms. The van der Waals surface area contributed by atoms with Gasteiger partial charge in [-0.25, -0.2) is 4.39 Å². The molecule has 1 N–H and O–H groups in total. The van der Waals surface area contributed by atoms with Gasteiger partial charge in [0.25, 0.3) is 5.91 Å². The summed E-state index contributed by atoms with van der Waals surface area (Å²) in [5.74, 6) is 0.280. The minimum absolute atomic E-state index is 0.163. The lowest BCUT2D eigenvalue weighted by Crippen LogP contribution is -2.51. The smallest absolute Gasteiger partial charge is 0.290 e. The number of hydrogen-bond donors (Lipinski definition) is 1. The van der Waals surface area contributed by atoms with E-state index in [0.717, 1.165) is 12.1 Å². The summed E-state index contributed by atoms with van der Waals surface area (Å²) in [7, 11) is 0. The van der Waals surface area contributed by atoms with E-state index < -0.39 is 0 Å². The van der Waals surface area contributed by atoms with Crippen molar-refractivity contribution in [2.75, 3.05) is 13.2 Å². The molecule has 7 heteroatoms. The second-order valence-electron chi connectivity index (χ2n) is 6.84. The first kappa shape index (κ1) is 18.4. The van der Waals surface area contributed by atoms with E-state index in [1.807, 2.05) is 0 Å². The van der Waals surface area contributed by atoms with Crippen molar-refractivity contribution in [1.82, 2.24) is 10.5 Å². The van der Waals surface area contributed by atoms with Crippen LogP contribution in [0.3, 0.4) is 0 Å². The van der Waals surface area contributed by atoms with Crippen LogP contribution in [0.15, 0.2) is 34.9 Å². The largest absolute Gasteiger partial charge is 0.488 e. The normalized spacial score (nSPS) is 20.2. The van der Waals surface area contributed by atoms with Crippen LogP contribution in [0.25, 0.3) is 0 Å². The van der Waals surface area contributed by atoms with Gasteiger partial charge < -0.3 is 19.3 Å². The van der Waals surface area contributed by atoms with Crippen LogP contribution in [0, 0.1) is 11.7 Å². The highest BCUT2D eigenvalue weighted by molar-refractivity contribution is 5.91. The molecule has 1 amide bonds. The van der Waals surface area contributed by atoms with Crippen molar-refractivity contribution in [3.63, 3.8) is 0 Å². The molecule has 1 aliphatic rings.